The second kappa shape index (κ2) is 5.89. The van der Waals surface area contributed by atoms with Gasteiger partial charge in [0.15, 0.2) is 0 Å². The second-order valence-corrected chi connectivity index (χ2v) is 7.34. The van der Waals surface area contributed by atoms with Gasteiger partial charge >= 0.3 is 0 Å². The first-order chi connectivity index (χ1) is 10.1. The molecule has 3 heterocycles. The van der Waals surface area contributed by atoms with Crippen LogP contribution in [0, 0.1) is 19.8 Å². The zero-order valence-corrected chi connectivity index (χ0v) is 14.0. The average molecular weight is 304 g/mol. The van der Waals surface area contributed by atoms with Crippen molar-refractivity contribution in [2.24, 2.45) is 5.92 Å². The molecule has 0 aromatic carbocycles. The molecular formula is C16H24N4S. The number of hydrogen-bond acceptors (Lipinski definition) is 5. The minimum atomic E-state index is 0.640. The number of thiophene rings is 1. The van der Waals surface area contributed by atoms with Crippen molar-refractivity contribution < 1.29 is 0 Å². The molecule has 3 rings (SSSR count). The van der Waals surface area contributed by atoms with Crippen LogP contribution in [-0.4, -0.2) is 28.0 Å². The van der Waals surface area contributed by atoms with Crippen molar-refractivity contribution in [1.29, 1.82) is 0 Å². The monoisotopic (exact) mass is 304 g/mol. The number of nitrogen functional groups attached to an aromatic ring is 1. The van der Waals surface area contributed by atoms with E-state index in [1.165, 1.54) is 36.2 Å². The third kappa shape index (κ3) is 2.90. The molecule has 21 heavy (non-hydrogen) atoms. The van der Waals surface area contributed by atoms with E-state index in [1.807, 2.05) is 0 Å². The quantitative estimate of drug-likeness (QED) is 0.942. The van der Waals surface area contributed by atoms with Gasteiger partial charge in [0.1, 0.15) is 16.5 Å². The Kier molecular flexibility index (Phi) is 4.13. The van der Waals surface area contributed by atoms with Crippen molar-refractivity contribution >= 4 is 27.4 Å². The Morgan fingerprint density at radius 2 is 2.14 bits per heavy atom. The molecule has 4 nitrogen and oxygen atoms in total. The largest absolute Gasteiger partial charge is 0.383 e. The van der Waals surface area contributed by atoms with Gasteiger partial charge in [-0.3, -0.25) is 4.90 Å². The fraction of sp³-hybridized carbons (Fsp3) is 0.625. The van der Waals surface area contributed by atoms with Gasteiger partial charge in [0.05, 0.1) is 11.9 Å². The Labute approximate surface area is 130 Å². The lowest BCUT2D eigenvalue weighted by molar-refractivity contribution is 0.161. The van der Waals surface area contributed by atoms with E-state index in [2.05, 4.69) is 30.7 Å². The maximum atomic E-state index is 6.17. The fourth-order valence-corrected chi connectivity index (χ4v) is 4.28. The molecule has 0 radical (unpaired) electrons. The Balaban J connectivity index is 1.84. The van der Waals surface area contributed by atoms with Crippen LogP contribution in [0.1, 0.15) is 42.5 Å². The molecule has 1 aliphatic rings. The standard InChI is InChI=1S/C16H24N4S/c1-4-12-6-5-7-20(8-12)9-13-18-15(17)14-10(2)11(3)21-16(14)19-13/h12H,4-9H2,1-3H3,(H2,17,18,19). The lowest BCUT2D eigenvalue weighted by atomic mass is 9.96. The predicted octanol–water partition coefficient (Wildman–Crippen LogP) is 3.51. The molecule has 1 unspecified atom stereocenters. The molecule has 2 N–H and O–H groups in total. The van der Waals surface area contributed by atoms with Gasteiger partial charge in [-0.25, -0.2) is 9.97 Å². The summed E-state index contributed by atoms with van der Waals surface area (Å²) in [5.74, 6) is 2.34. The topological polar surface area (TPSA) is 55.0 Å². The molecule has 0 amide bonds. The molecule has 0 saturated carbocycles. The Morgan fingerprint density at radius 1 is 1.33 bits per heavy atom. The minimum Gasteiger partial charge on any atom is -0.383 e. The highest BCUT2D eigenvalue weighted by molar-refractivity contribution is 7.18. The number of hydrogen-bond donors (Lipinski definition) is 1. The van der Waals surface area contributed by atoms with Crippen molar-refractivity contribution in [2.45, 2.75) is 46.6 Å². The number of rotatable bonds is 3. The fourth-order valence-electron chi connectivity index (χ4n) is 3.23. The number of fused-ring (bicyclic) bond motifs is 1. The summed E-state index contributed by atoms with van der Waals surface area (Å²) < 4.78 is 0. The van der Waals surface area contributed by atoms with Crippen LogP contribution in [0.5, 0.6) is 0 Å². The van der Waals surface area contributed by atoms with Crippen LogP contribution in [0.2, 0.25) is 0 Å². The number of aryl methyl sites for hydroxylation is 2. The molecule has 2 aromatic rings. The first-order valence-electron chi connectivity index (χ1n) is 7.83. The highest BCUT2D eigenvalue weighted by Crippen LogP contribution is 2.32. The van der Waals surface area contributed by atoms with Crippen molar-refractivity contribution in [3.05, 3.63) is 16.3 Å². The summed E-state index contributed by atoms with van der Waals surface area (Å²) >= 11 is 1.72. The molecule has 2 aromatic heterocycles. The summed E-state index contributed by atoms with van der Waals surface area (Å²) in [7, 11) is 0. The number of nitrogens with zero attached hydrogens (tertiary/aromatic N) is 3. The molecule has 0 bridgehead atoms. The average Bonchev–Trinajstić information content (AvgIpc) is 2.74. The van der Waals surface area contributed by atoms with E-state index < -0.39 is 0 Å². The third-order valence-electron chi connectivity index (χ3n) is 4.65. The zero-order valence-electron chi connectivity index (χ0n) is 13.1. The smallest absolute Gasteiger partial charge is 0.146 e. The number of aromatic nitrogens is 2. The number of nitrogens with two attached hydrogens (primary N) is 1. The third-order valence-corrected chi connectivity index (χ3v) is 5.75. The highest BCUT2D eigenvalue weighted by Gasteiger charge is 2.20. The number of likely N-dealkylation sites (tertiary alicyclic amines) is 1. The molecule has 1 saturated heterocycles. The Hall–Kier alpha value is -1.20. The van der Waals surface area contributed by atoms with E-state index >= 15 is 0 Å². The van der Waals surface area contributed by atoms with Gasteiger partial charge in [-0.05, 0) is 44.7 Å². The summed E-state index contributed by atoms with van der Waals surface area (Å²) in [6.07, 6.45) is 3.91. The van der Waals surface area contributed by atoms with E-state index in [0.717, 1.165) is 35.0 Å². The van der Waals surface area contributed by atoms with Crippen LogP contribution in [0.25, 0.3) is 10.2 Å². The Morgan fingerprint density at radius 3 is 2.90 bits per heavy atom. The lowest BCUT2D eigenvalue weighted by Crippen LogP contribution is -2.35. The molecule has 0 aliphatic carbocycles. The van der Waals surface area contributed by atoms with E-state index in [-0.39, 0.29) is 0 Å². The summed E-state index contributed by atoms with van der Waals surface area (Å²) in [6.45, 7) is 9.65. The molecular weight excluding hydrogens is 280 g/mol. The van der Waals surface area contributed by atoms with Gasteiger partial charge in [0.25, 0.3) is 0 Å². The maximum Gasteiger partial charge on any atom is 0.146 e. The van der Waals surface area contributed by atoms with Crippen LogP contribution < -0.4 is 5.73 Å². The van der Waals surface area contributed by atoms with E-state index in [9.17, 15) is 0 Å². The summed E-state index contributed by atoms with van der Waals surface area (Å²) in [5, 5.41) is 1.05. The summed E-state index contributed by atoms with van der Waals surface area (Å²) in [4.78, 5) is 14.1. The molecule has 0 spiro atoms. The van der Waals surface area contributed by atoms with Gasteiger partial charge in [-0.2, -0.15) is 0 Å². The van der Waals surface area contributed by atoms with Crippen molar-refractivity contribution in [3.63, 3.8) is 0 Å². The lowest BCUT2D eigenvalue weighted by Gasteiger charge is -2.31. The van der Waals surface area contributed by atoms with Crippen LogP contribution in [-0.2, 0) is 6.54 Å². The van der Waals surface area contributed by atoms with Gasteiger partial charge in [-0.15, -0.1) is 11.3 Å². The normalized spacial score (nSPS) is 20.2. The first kappa shape index (κ1) is 14.7. The van der Waals surface area contributed by atoms with Gasteiger partial charge in [-0.1, -0.05) is 13.3 Å². The predicted molar refractivity (Wildman–Crippen MR) is 89.6 cm³/mol. The van der Waals surface area contributed by atoms with Crippen LogP contribution in [0.3, 0.4) is 0 Å². The van der Waals surface area contributed by atoms with E-state index in [1.54, 1.807) is 11.3 Å². The zero-order chi connectivity index (χ0) is 15.0. The van der Waals surface area contributed by atoms with E-state index in [0.29, 0.717) is 5.82 Å². The Bertz CT molecular complexity index is 649. The SMILES string of the molecule is CCC1CCCN(Cc2nc(N)c3c(C)c(C)sc3n2)C1. The highest BCUT2D eigenvalue weighted by atomic mass is 32.1. The van der Waals surface area contributed by atoms with Gasteiger partial charge in [0.2, 0.25) is 0 Å². The molecule has 1 atom stereocenters. The molecule has 1 fully saturated rings. The summed E-state index contributed by atoms with van der Waals surface area (Å²) in [5.41, 5.74) is 7.39. The molecule has 1 aliphatic heterocycles. The molecule has 114 valence electrons. The van der Waals surface area contributed by atoms with Crippen molar-refractivity contribution in [2.75, 3.05) is 18.8 Å². The second-order valence-electron chi connectivity index (χ2n) is 6.14. The van der Waals surface area contributed by atoms with Crippen LogP contribution in [0.4, 0.5) is 5.82 Å². The van der Waals surface area contributed by atoms with Crippen LogP contribution in [0.15, 0.2) is 0 Å². The minimum absolute atomic E-state index is 0.640. The van der Waals surface area contributed by atoms with Gasteiger partial charge < -0.3 is 5.73 Å². The number of piperidine rings is 1. The maximum absolute atomic E-state index is 6.17. The first-order valence-corrected chi connectivity index (χ1v) is 8.64. The van der Waals surface area contributed by atoms with Gasteiger partial charge in [0, 0.05) is 11.4 Å². The summed E-state index contributed by atoms with van der Waals surface area (Å²) in [6, 6.07) is 0. The van der Waals surface area contributed by atoms with E-state index in [4.69, 9.17) is 10.7 Å². The van der Waals surface area contributed by atoms with Crippen LogP contribution >= 0.6 is 11.3 Å². The van der Waals surface area contributed by atoms with Crippen molar-refractivity contribution in [1.82, 2.24) is 14.9 Å². The van der Waals surface area contributed by atoms with Crippen molar-refractivity contribution in [3.8, 4) is 0 Å². The molecule has 5 heteroatoms. The number of anilines is 1.